The number of aromatic nitrogens is 2. The summed E-state index contributed by atoms with van der Waals surface area (Å²) >= 11 is 0. The predicted octanol–water partition coefficient (Wildman–Crippen LogP) is 2.28. The number of nitrogens with one attached hydrogen (secondary N) is 1. The SMILES string of the molecule is CCn1cc(NCC=C(C)C)cn1. The molecule has 0 aromatic carbocycles. The first-order valence-corrected chi connectivity index (χ1v) is 4.62. The molecule has 1 N–H and O–H groups in total. The third-order valence-corrected chi connectivity index (χ3v) is 1.77. The van der Waals surface area contributed by atoms with Gasteiger partial charge in [-0.25, -0.2) is 0 Å². The summed E-state index contributed by atoms with van der Waals surface area (Å²) in [7, 11) is 0. The van der Waals surface area contributed by atoms with Crippen LogP contribution in [0.25, 0.3) is 0 Å². The zero-order valence-corrected chi connectivity index (χ0v) is 8.54. The molecular weight excluding hydrogens is 162 g/mol. The fraction of sp³-hybridized carbons (Fsp3) is 0.500. The van der Waals surface area contributed by atoms with Crippen molar-refractivity contribution in [3.05, 3.63) is 24.0 Å². The number of rotatable bonds is 4. The highest BCUT2D eigenvalue weighted by Crippen LogP contribution is 2.03. The second-order valence-corrected chi connectivity index (χ2v) is 3.25. The predicted molar refractivity (Wildman–Crippen MR) is 55.8 cm³/mol. The van der Waals surface area contributed by atoms with E-state index in [9.17, 15) is 0 Å². The summed E-state index contributed by atoms with van der Waals surface area (Å²) in [5.41, 5.74) is 2.41. The maximum Gasteiger partial charge on any atom is 0.0728 e. The fourth-order valence-corrected chi connectivity index (χ4v) is 1.00. The summed E-state index contributed by atoms with van der Waals surface area (Å²) in [6.07, 6.45) is 6.02. The van der Waals surface area contributed by atoms with Crippen LogP contribution in [0.4, 0.5) is 5.69 Å². The van der Waals surface area contributed by atoms with Crippen LogP contribution in [0.15, 0.2) is 24.0 Å². The number of anilines is 1. The normalized spacial score (nSPS) is 9.77. The van der Waals surface area contributed by atoms with Crippen molar-refractivity contribution in [2.24, 2.45) is 0 Å². The van der Waals surface area contributed by atoms with Gasteiger partial charge in [0.25, 0.3) is 0 Å². The van der Waals surface area contributed by atoms with Gasteiger partial charge in [-0.1, -0.05) is 11.6 Å². The van der Waals surface area contributed by atoms with Gasteiger partial charge >= 0.3 is 0 Å². The van der Waals surface area contributed by atoms with Crippen molar-refractivity contribution < 1.29 is 0 Å². The molecule has 0 aliphatic heterocycles. The van der Waals surface area contributed by atoms with Crippen LogP contribution in [-0.2, 0) is 6.54 Å². The molecule has 1 heterocycles. The molecule has 0 fully saturated rings. The molecule has 72 valence electrons. The standard InChI is InChI=1S/C10H17N3/c1-4-13-8-10(7-12-13)11-6-5-9(2)3/h5,7-8,11H,4,6H2,1-3H3. The van der Waals surface area contributed by atoms with Crippen LogP contribution in [0.2, 0.25) is 0 Å². The van der Waals surface area contributed by atoms with Gasteiger partial charge in [0.2, 0.25) is 0 Å². The molecular formula is C10H17N3. The Kier molecular flexibility index (Phi) is 3.55. The Morgan fingerprint density at radius 2 is 2.38 bits per heavy atom. The minimum absolute atomic E-state index is 0.873. The highest BCUT2D eigenvalue weighted by molar-refractivity contribution is 5.38. The Morgan fingerprint density at radius 3 is 2.92 bits per heavy atom. The minimum Gasteiger partial charge on any atom is -0.379 e. The van der Waals surface area contributed by atoms with Crippen LogP contribution in [0.1, 0.15) is 20.8 Å². The topological polar surface area (TPSA) is 29.9 Å². The number of nitrogens with zero attached hydrogens (tertiary/aromatic N) is 2. The average molecular weight is 179 g/mol. The highest BCUT2D eigenvalue weighted by atomic mass is 15.3. The number of allylic oxidation sites excluding steroid dienone is 1. The van der Waals surface area contributed by atoms with Crippen LogP contribution >= 0.6 is 0 Å². The third kappa shape index (κ3) is 3.32. The van der Waals surface area contributed by atoms with Gasteiger partial charge in [-0.2, -0.15) is 5.10 Å². The van der Waals surface area contributed by atoms with Gasteiger partial charge in [0.05, 0.1) is 11.9 Å². The number of hydrogen-bond acceptors (Lipinski definition) is 2. The molecule has 0 bridgehead atoms. The van der Waals surface area contributed by atoms with Gasteiger partial charge in [-0.05, 0) is 20.8 Å². The van der Waals surface area contributed by atoms with E-state index in [1.165, 1.54) is 5.57 Å². The Labute approximate surface area is 79.5 Å². The molecule has 0 amide bonds. The van der Waals surface area contributed by atoms with Crippen molar-refractivity contribution in [1.82, 2.24) is 9.78 Å². The molecule has 0 atom stereocenters. The molecule has 3 nitrogen and oxygen atoms in total. The molecule has 1 aromatic rings. The van der Waals surface area contributed by atoms with Gasteiger partial charge in [-0.15, -0.1) is 0 Å². The molecule has 0 spiro atoms. The van der Waals surface area contributed by atoms with Gasteiger partial charge in [0.15, 0.2) is 0 Å². The molecule has 1 aromatic heterocycles. The summed E-state index contributed by atoms with van der Waals surface area (Å²) in [4.78, 5) is 0. The average Bonchev–Trinajstić information content (AvgIpc) is 2.52. The first kappa shape index (κ1) is 9.84. The smallest absolute Gasteiger partial charge is 0.0728 e. The van der Waals surface area contributed by atoms with Gasteiger partial charge in [0.1, 0.15) is 0 Å². The third-order valence-electron chi connectivity index (χ3n) is 1.77. The van der Waals surface area contributed by atoms with Gasteiger partial charge < -0.3 is 5.32 Å². The Balaban J connectivity index is 2.41. The van der Waals surface area contributed by atoms with E-state index < -0.39 is 0 Å². The maximum atomic E-state index is 4.17. The first-order valence-electron chi connectivity index (χ1n) is 4.62. The molecule has 0 aliphatic carbocycles. The van der Waals surface area contributed by atoms with E-state index >= 15 is 0 Å². The molecule has 0 saturated carbocycles. The minimum atomic E-state index is 0.873. The van der Waals surface area contributed by atoms with E-state index in [4.69, 9.17) is 0 Å². The molecule has 0 saturated heterocycles. The molecule has 0 unspecified atom stereocenters. The fourth-order valence-electron chi connectivity index (χ4n) is 1.00. The van der Waals surface area contributed by atoms with Crippen LogP contribution in [0.5, 0.6) is 0 Å². The largest absolute Gasteiger partial charge is 0.379 e. The number of hydrogen-bond donors (Lipinski definition) is 1. The monoisotopic (exact) mass is 179 g/mol. The molecule has 0 radical (unpaired) electrons. The van der Waals surface area contributed by atoms with Crippen molar-refractivity contribution in [3.8, 4) is 0 Å². The molecule has 0 aliphatic rings. The van der Waals surface area contributed by atoms with E-state index in [0.717, 1.165) is 18.8 Å². The van der Waals surface area contributed by atoms with Gasteiger partial charge in [-0.3, -0.25) is 4.68 Å². The molecule has 1 rings (SSSR count). The van der Waals surface area contributed by atoms with Crippen molar-refractivity contribution in [2.45, 2.75) is 27.3 Å². The lowest BCUT2D eigenvalue weighted by Crippen LogP contribution is -1.97. The van der Waals surface area contributed by atoms with Crippen molar-refractivity contribution in [2.75, 3.05) is 11.9 Å². The van der Waals surface area contributed by atoms with Gasteiger partial charge in [0, 0.05) is 19.3 Å². The number of aryl methyl sites for hydroxylation is 1. The highest BCUT2D eigenvalue weighted by Gasteiger charge is 1.93. The van der Waals surface area contributed by atoms with E-state index in [1.807, 2.05) is 17.1 Å². The Morgan fingerprint density at radius 1 is 1.62 bits per heavy atom. The van der Waals surface area contributed by atoms with Crippen molar-refractivity contribution >= 4 is 5.69 Å². The van der Waals surface area contributed by atoms with E-state index in [0.29, 0.717) is 0 Å². The van der Waals surface area contributed by atoms with E-state index in [2.05, 4.69) is 37.3 Å². The second kappa shape index (κ2) is 4.70. The summed E-state index contributed by atoms with van der Waals surface area (Å²) in [6.45, 7) is 8.06. The Bertz CT molecular complexity index is 282. The quantitative estimate of drug-likeness (QED) is 0.719. The lowest BCUT2D eigenvalue weighted by atomic mass is 10.3. The van der Waals surface area contributed by atoms with Crippen molar-refractivity contribution in [3.63, 3.8) is 0 Å². The molecule has 13 heavy (non-hydrogen) atoms. The van der Waals surface area contributed by atoms with Crippen LogP contribution in [-0.4, -0.2) is 16.3 Å². The van der Waals surface area contributed by atoms with E-state index in [1.54, 1.807) is 0 Å². The van der Waals surface area contributed by atoms with Crippen LogP contribution < -0.4 is 5.32 Å². The van der Waals surface area contributed by atoms with Crippen LogP contribution in [0.3, 0.4) is 0 Å². The molecule has 3 heteroatoms. The van der Waals surface area contributed by atoms with Crippen LogP contribution in [0, 0.1) is 0 Å². The van der Waals surface area contributed by atoms with Crippen molar-refractivity contribution in [1.29, 1.82) is 0 Å². The zero-order valence-electron chi connectivity index (χ0n) is 8.54. The Hall–Kier alpha value is -1.25. The van der Waals surface area contributed by atoms with E-state index in [-0.39, 0.29) is 0 Å². The lowest BCUT2D eigenvalue weighted by Gasteiger charge is -1.98. The second-order valence-electron chi connectivity index (χ2n) is 3.25. The summed E-state index contributed by atoms with van der Waals surface area (Å²) < 4.78 is 1.91. The summed E-state index contributed by atoms with van der Waals surface area (Å²) in [6, 6.07) is 0. The maximum absolute atomic E-state index is 4.17. The summed E-state index contributed by atoms with van der Waals surface area (Å²) in [5.74, 6) is 0. The lowest BCUT2D eigenvalue weighted by molar-refractivity contribution is 0.660. The first-order chi connectivity index (χ1) is 6.22. The summed E-state index contributed by atoms with van der Waals surface area (Å²) in [5, 5.41) is 7.44. The zero-order chi connectivity index (χ0) is 9.68.